The van der Waals surface area contributed by atoms with Crippen LogP contribution in [0.1, 0.15) is 32.9 Å². The highest BCUT2D eigenvalue weighted by molar-refractivity contribution is 5.44. The summed E-state index contributed by atoms with van der Waals surface area (Å²) in [5.74, 6) is 0.839. The number of benzene rings is 1. The molecule has 0 saturated carbocycles. The second kappa shape index (κ2) is 6.08. The maximum atomic E-state index is 12.1. The second-order valence-electron chi connectivity index (χ2n) is 6.12. The van der Waals surface area contributed by atoms with Crippen LogP contribution in [-0.4, -0.2) is 16.4 Å². The van der Waals surface area contributed by atoms with Gasteiger partial charge in [-0.3, -0.25) is 14.6 Å². The number of para-hydroxylation sites is 1. The number of ether oxygens (including phenoxy) is 1. The molecule has 0 fully saturated rings. The summed E-state index contributed by atoms with van der Waals surface area (Å²) in [5.41, 5.74) is 6.66. The minimum Gasteiger partial charge on any atom is -0.494 e. The molecule has 0 atom stereocenters. The molecule has 5 heteroatoms. The lowest BCUT2D eigenvalue weighted by atomic mass is 9.91. The monoisotopic (exact) mass is 289 g/mol. The van der Waals surface area contributed by atoms with Crippen LogP contribution in [0, 0.1) is 0 Å². The number of aryl methyl sites for hydroxylation is 1. The Morgan fingerprint density at radius 1 is 1.24 bits per heavy atom. The lowest BCUT2D eigenvalue weighted by Crippen LogP contribution is -2.19. The largest absolute Gasteiger partial charge is 0.494 e. The molecule has 3 N–H and O–H groups in total. The first-order valence-corrected chi connectivity index (χ1v) is 7.16. The summed E-state index contributed by atoms with van der Waals surface area (Å²) in [6.07, 6.45) is 0.734. The lowest BCUT2D eigenvalue weighted by molar-refractivity contribution is 0.297. The fraction of sp³-hybridized carbons (Fsp3) is 0.438. The van der Waals surface area contributed by atoms with Gasteiger partial charge in [-0.05, 0) is 12.1 Å². The molecule has 0 amide bonds. The van der Waals surface area contributed by atoms with Crippen molar-refractivity contribution < 1.29 is 4.74 Å². The van der Waals surface area contributed by atoms with E-state index >= 15 is 0 Å². The summed E-state index contributed by atoms with van der Waals surface area (Å²) >= 11 is 0. The quantitative estimate of drug-likeness (QED) is 0.831. The molecular formula is C16H23N3O2. The number of anilines is 1. The molecule has 1 aromatic heterocycles. The summed E-state index contributed by atoms with van der Waals surface area (Å²) in [4.78, 5) is 12.1. The topological polar surface area (TPSA) is 73.0 Å². The van der Waals surface area contributed by atoms with Crippen molar-refractivity contribution in [2.75, 3.05) is 12.3 Å². The molecule has 0 aliphatic carbocycles. The molecule has 1 heterocycles. The van der Waals surface area contributed by atoms with Crippen molar-refractivity contribution in [3.8, 4) is 5.75 Å². The molecule has 0 saturated heterocycles. The van der Waals surface area contributed by atoms with Gasteiger partial charge in [-0.1, -0.05) is 39.0 Å². The van der Waals surface area contributed by atoms with Gasteiger partial charge >= 0.3 is 0 Å². The SMILES string of the molecule is CC(C)(C)c1[nH]n(CCCOc2ccccc2)c(=O)c1N. The zero-order chi connectivity index (χ0) is 15.5. The number of nitrogens with one attached hydrogen (secondary N) is 1. The van der Waals surface area contributed by atoms with E-state index in [2.05, 4.69) is 5.10 Å². The van der Waals surface area contributed by atoms with Crippen LogP contribution in [0.5, 0.6) is 5.75 Å². The molecule has 0 bridgehead atoms. The first-order valence-electron chi connectivity index (χ1n) is 7.16. The molecule has 0 aliphatic heterocycles. The van der Waals surface area contributed by atoms with E-state index < -0.39 is 0 Å². The molecular weight excluding hydrogens is 266 g/mol. The Kier molecular flexibility index (Phi) is 4.40. The summed E-state index contributed by atoms with van der Waals surface area (Å²) in [5, 5.41) is 3.11. The second-order valence-corrected chi connectivity index (χ2v) is 6.12. The van der Waals surface area contributed by atoms with Crippen molar-refractivity contribution in [1.29, 1.82) is 0 Å². The number of rotatable bonds is 5. The number of H-pyrrole nitrogens is 1. The molecule has 0 radical (unpaired) electrons. The van der Waals surface area contributed by atoms with Gasteiger partial charge in [-0.25, -0.2) is 0 Å². The maximum absolute atomic E-state index is 12.1. The van der Waals surface area contributed by atoms with E-state index in [1.807, 2.05) is 51.1 Å². The first-order chi connectivity index (χ1) is 9.89. The van der Waals surface area contributed by atoms with Crippen LogP contribution in [0.15, 0.2) is 35.1 Å². The van der Waals surface area contributed by atoms with E-state index in [0.717, 1.165) is 17.9 Å². The highest BCUT2D eigenvalue weighted by Gasteiger charge is 2.22. The Labute approximate surface area is 124 Å². The van der Waals surface area contributed by atoms with Gasteiger partial charge in [-0.2, -0.15) is 0 Å². The van der Waals surface area contributed by atoms with E-state index in [4.69, 9.17) is 10.5 Å². The molecule has 0 spiro atoms. The summed E-state index contributed by atoms with van der Waals surface area (Å²) < 4.78 is 7.17. The van der Waals surface area contributed by atoms with Gasteiger partial charge in [0, 0.05) is 18.4 Å². The fourth-order valence-corrected chi connectivity index (χ4v) is 2.16. The Morgan fingerprint density at radius 3 is 2.48 bits per heavy atom. The average Bonchev–Trinajstić information content (AvgIpc) is 2.73. The van der Waals surface area contributed by atoms with Gasteiger partial charge in [0.05, 0.1) is 12.3 Å². The third-order valence-corrected chi connectivity index (χ3v) is 3.28. The Balaban J connectivity index is 1.94. The molecule has 0 unspecified atom stereocenters. The van der Waals surface area contributed by atoms with Gasteiger partial charge in [0.25, 0.3) is 5.56 Å². The number of nitrogen functional groups attached to an aromatic ring is 1. The Hall–Kier alpha value is -2.17. The number of nitrogens with two attached hydrogens (primary N) is 1. The molecule has 1 aromatic carbocycles. The van der Waals surface area contributed by atoms with E-state index in [-0.39, 0.29) is 11.0 Å². The van der Waals surface area contributed by atoms with E-state index in [9.17, 15) is 4.79 Å². The normalized spacial score (nSPS) is 11.6. The molecule has 2 rings (SSSR count). The number of hydrogen-bond donors (Lipinski definition) is 2. The van der Waals surface area contributed by atoms with E-state index in [0.29, 0.717) is 18.8 Å². The highest BCUT2D eigenvalue weighted by Crippen LogP contribution is 2.23. The summed E-state index contributed by atoms with van der Waals surface area (Å²) in [7, 11) is 0. The zero-order valence-corrected chi connectivity index (χ0v) is 12.8. The predicted octanol–water partition coefficient (Wildman–Crippen LogP) is 2.53. The highest BCUT2D eigenvalue weighted by atomic mass is 16.5. The van der Waals surface area contributed by atoms with E-state index in [1.54, 1.807) is 4.68 Å². The summed E-state index contributed by atoms with van der Waals surface area (Å²) in [6, 6.07) is 9.64. The number of aromatic nitrogens is 2. The van der Waals surface area contributed by atoms with Crippen LogP contribution >= 0.6 is 0 Å². The van der Waals surface area contributed by atoms with Crippen molar-refractivity contribution in [1.82, 2.24) is 9.78 Å². The van der Waals surface area contributed by atoms with Crippen LogP contribution < -0.4 is 16.0 Å². The predicted molar refractivity (Wildman–Crippen MR) is 84.7 cm³/mol. The fourth-order valence-electron chi connectivity index (χ4n) is 2.16. The van der Waals surface area contributed by atoms with Crippen molar-refractivity contribution in [3.63, 3.8) is 0 Å². The Morgan fingerprint density at radius 2 is 1.90 bits per heavy atom. The summed E-state index contributed by atoms with van der Waals surface area (Å²) in [6.45, 7) is 7.19. The Bertz CT molecular complexity index is 636. The van der Waals surface area contributed by atoms with Crippen molar-refractivity contribution in [2.45, 2.75) is 39.2 Å². The molecule has 0 aliphatic rings. The molecule has 5 nitrogen and oxygen atoms in total. The van der Waals surface area contributed by atoms with Gasteiger partial charge in [0.15, 0.2) is 0 Å². The number of hydrogen-bond acceptors (Lipinski definition) is 3. The van der Waals surface area contributed by atoms with Gasteiger partial charge < -0.3 is 10.5 Å². The third-order valence-electron chi connectivity index (χ3n) is 3.28. The zero-order valence-electron chi connectivity index (χ0n) is 12.8. The third kappa shape index (κ3) is 3.68. The van der Waals surface area contributed by atoms with E-state index in [1.165, 1.54) is 0 Å². The first kappa shape index (κ1) is 15.2. The minimum absolute atomic E-state index is 0.153. The van der Waals surface area contributed by atoms with Gasteiger partial charge in [-0.15, -0.1) is 0 Å². The van der Waals surface area contributed by atoms with Gasteiger partial charge in [0.1, 0.15) is 11.4 Å². The van der Waals surface area contributed by atoms with Crippen molar-refractivity contribution in [2.24, 2.45) is 0 Å². The maximum Gasteiger partial charge on any atom is 0.289 e. The molecule has 21 heavy (non-hydrogen) atoms. The van der Waals surface area contributed by atoms with Crippen molar-refractivity contribution in [3.05, 3.63) is 46.4 Å². The van der Waals surface area contributed by atoms with Crippen LogP contribution in [0.3, 0.4) is 0 Å². The number of aromatic amines is 1. The number of nitrogens with zero attached hydrogens (tertiary/aromatic N) is 1. The van der Waals surface area contributed by atoms with Crippen molar-refractivity contribution >= 4 is 5.69 Å². The molecule has 114 valence electrons. The smallest absolute Gasteiger partial charge is 0.289 e. The van der Waals surface area contributed by atoms with Crippen LogP contribution in [-0.2, 0) is 12.0 Å². The minimum atomic E-state index is -0.172. The standard InChI is InChI=1S/C16H23N3O2/c1-16(2,3)14-13(17)15(20)19(18-14)10-7-11-21-12-8-5-4-6-9-12/h4-6,8-9,18H,7,10-11,17H2,1-3H3. The van der Waals surface area contributed by atoms with Crippen LogP contribution in [0.25, 0.3) is 0 Å². The van der Waals surface area contributed by atoms with Crippen LogP contribution in [0.4, 0.5) is 5.69 Å². The molecule has 2 aromatic rings. The average molecular weight is 289 g/mol. The van der Waals surface area contributed by atoms with Crippen LogP contribution in [0.2, 0.25) is 0 Å². The lowest BCUT2D eigenvalue weighted by Gasteiger charge is -2.16. The van der Waals surface area contributed by atoms with Gasteiger partial charge in [0.2, 0.25) is 0 Å².